The van der Waals surface area contributed by atoms with E-state index in [0.29, 0.717) is 23.9 Å². The van der Waals surface area contributed by atoms with Crippen LogP contribution in [0.15, 0.2) is 51.7 Å². The van der Waals surface area contributed by atoms with E-state index in [9.17, 15) is 9.59 Å². The van der Waals surface area contributed by atoms with Gasteiger partial charge in [0.05, 0.1) is 11.0 Å². The molecule has 2 heterocycles. The standard InChI is InChI=1S/C21H21N5O3/c1-13-4-6-14(7-5-13)20-24-23-19(29-20)11-10-18(27)22-15-8-9-16-17(12-15)26(3)21(28)25(16)2/h4-9,12H,10-11H2,1-3H3,(H,22,27). The first-order valence-electron chi connectivity index (χ1n) is 9.27. The third-order valence-electron chi connectivity index (χ3n) is 4.89. The van der Waals surface area contributed by atoms with E-state index in [4.69, 9.17) is 4.42 Å². The summed E-state index contributed by atoms with van der Waals surface area (Å²) >= 11 is 0. The highest BCUT2D eigenvalue weighted by molar-refractivity contribution is 5.93. The zero-order chi connectivity index (χ0) is 20.5. The van der Waals surface area contributed by atoms with Gasteiger partial charge in [0.1, 0.15) is 0 Å². The van der Waals surface area contributed by atoms with Gasteiger partial charge in [-0.3, -0.25) is 13.9 Å². The monoisotopic (exact) mass is 391 g/mol. The highest BCUT2D eigenvalue weighted by Crippen LogP contribution is 2.20. The van der Waals surface area contributed by atoms with E-state index in [-0.39, 0.29) is 18.0 Å². The Balaban J connectivity index is 1.40. The number of fused-ring (bicyclic) bond motifs is 1. The largest absolute Gasteiger partial charge is 0.421 e. The summed E-state index contributed by atoms with van der Waals surface area (Å²) in [6.45, 7) is 2.01. The van der Waals surface area contributed by atoms with Gasteiger partial charge in [0.2, 0.25) is 17.7 Å². The van der Waals surface area contributed by atoms with Crippen molar-refractivity contribution in [2.45, 2.75) is 19.8 Å². The zero-order valence-corrected chi connectivity index (χ0v) is 16.5. The molecule has 0 spiro atoms. The van der Waals surface area contributed by atoms with E-state index in [0.717, 1.165) is 22.2 Å². The van der Waals surface area contributed by atoms with Crippen LogP contribution in [0, 0.1) is 6.92 Å². The molecule has 4 aromatic rings. The smallest absolute Gasteiger partial charge is 0.328 e. The maximum Gasteiger partial charge on any atom is 0.328 e. The van der Waals surface area contributed by atoms with Gasteiger partial charge >= 0.3 is 5.69 Å². The van der Waals surface area contributed by atoms with Gasteiger partial charge < -0.3 is 9.73 Å². The maximum atomic E-state index is 12.3. The number of amides is 1. The Morgan fingerprint density at radius 1 is 1.03 bits per heavy atom. The molecule has 1 N–H and O–H groups in total. The summed E-state index contributed by atoms with van der Waals surface area (Å²) in [7, 11) is 3.43. The molecule has 0 radical (unpaired) electrons. The first-order valence-corrected chi connectivity index (χ1v) is 9.27. The van der Waals surface area contributed by atoms with Crippen LogP contribution in [-0.4, -0.2) is 25.2 Å². The molecule has 29 heavy (non-hydrogen) atoms. The van der Waals surface area contributed by atoms with Gasteiger partial charge in [-0.25, -0.2) is 4.79 Å². The summed E-state index contributed by atoms with van der Waals surface area (Å²) in [6, 6.07) is 13.2. The van der Waals surface area contributed by atoms with Gasteiger partial charge in [-0.2, -0.15) is 0 Å². The normalized spacial score (nSPS) is 11.1. The number of anilines is 1. The van der Waals surface area contributed by atoms with Crippen molar-refractivity contribution in [3.63, 3.8) is 0 Å². The minimum Gasteiger partial charge on any atom is -0.421 e. The average molecular weight is 391 g/mol. The van der Waals surface area contributed by atoms with Gasteiger partial charge in [-0.15, -0.1) is 10.2 Å². The Labute approximate surface area is 166 Å². The lowest BCUT2D eigenvalue weighted by molar-refractivity contribution is -0.116. The molecule has 0 fully saturated rings. The van der Waals surface area contributed by atoms with Crippen molar-refractivity contribution in [2.24, 2.45) is 14.1 Å². The second-order valence-electron chi connectivity index (χ2n) is 7.02. The van der Waals surface area contributed by atoms with Crippen molar-refractivity contribution in [1.29, 1.82) is 0 Å². The van der Waals surface area contributed by atoms with E-state index < -0.39 is 0 Å². The van der Waals surface area contributed by atoms with Crippen LogP contribution in [0.2, 0.25) is 0 Å². The summed E-state index contributed by atoms with van der Waals surface area (Å²) in [5.74, 6) is 0.688. The molecule has 4 rings (SSSR count). The number of rotatable bonds is 5. The van der Waals surface area contributed by atoms with E-state index >= 15 is 0 Å². The molecular formula is C21H21N5O3. The number of hydrogen-bond donors (Lipinski definition) is 1. The first kappa shape index (κ1) is 18.7. The lowest BCUT2D eigenvalue weighted by atomic mass is 10.1. The average Bonchev–Trinajstić information content (AvgIpc) is 3.27. The Hall–Kier alpha value is -3.68. The van der Waals surface area contributed by atoms with Crippen molar-refractivity contribution in [3.8, 4) is 11.5 Å². The number of imidazole rings is 1. The minimum atomic E-state index is -0.166. The fraction of sp³-hybridized carbons (Fsp3) is 0.238. The van der Waals surface area contributed by atoms with Gasteiger partial charge in [0, 0.05) is 38.2 Å². The van der Waals surface area contributed by atoms with E-state index in [1.165, 1.54) is 0 Å². The molecule has 8 heteroatoms. The second kappa shape index (κ2) is 7.38. The van der Waals surface area contributed by atoms with Crippen molar-refractivity contribution < 1.29 is 9.21 Å². The molecule has 2 aromatic heterocycles. The molecule has 0 atom stereocenters. The first-order chi connectivity index (χ1) is 13.9. The molecule has 0 aliphatic rings. The van der Waals surface area contributed by atoms with Gasteiger partial charge in [-0.1, -0.05) is 17.7 Å². The van der Waals surface area contributed by atoms with Crippen LogP contribution >= 0.6 is 0 Å². The highest BCUT2D eigenvalue weighted by Gasteiger charge is 2.12. The summed E-state index contributed by atoms with van der Waals surface area (Å²) < 4.78 is 8.78. The van der Waals surface area contributed by atoms with Crippen molar-refractivity contribution in [2.75, 3.05) is 5.32 Å². The summed E-state index contributed by atoms with van der Waals surface area (Å²) in [5, 5.41) is 10.9. The SMILES string of the molecule is Cc1ccc(-c2nnc(CCC(=O)Nc3ccc4c(c3)n(C)c(=O)n4C)o2)cc1. The lowest BCUT2D eigenvalue weighted by Crippen LogP contribution is -2.19. The van der Waals surface area contributed by atoms with Crippen LogP contribution < -0.4 is 11.0 Å². The van der Waals surface area contributed by atoms with Gasteiger partial charge in [-0.05, 0) is 37.3 Å². The third kappa shape index (κ3) is 3.69. The van der Waals surface area contributed by atoms with Crippen LogP contribution in [0.4, 0.5) is 5.69 Å². The number of carbonyl (C=O) groups is 1. The number of nitrogens with zero attached hydrogens (tertiary/aromatic N) is 4. The van der Waals surface area contributed by atoms with Gasteiger partial charge in [0.25, 0.3) is 0 Å². The van der Waals surface area contributed by atoms with E-state index in [1.54, 1.807) is 35.4 Å². The lowest BCUT2D eigenvalue weighted by Gasteiger charge is -2.05. The Bertz CT molecular complexity index is 1250. The quantitative estimate of drug-likeness (QED) is 0.564. The molecule has 0 bridgehead atoms. The van der Waals surface area contributed by atoms with Crippen molar-refractivity contribution in [3.05, 3.63) is 64.4 Å². The van der Waals surface area contributed by atoms with Crippen LogP contribution in [0.3, 0.4) is 0 Å². The predicted molar refractivity (Wildman–Crippen MR) is 110 cm³/mol. The summed E-state index contributed by atoms with van der Waals surface area (Å²) in [5.41, 5.74) is 4.10. The molecule has 0 aliphatic carbocycles. The molecule has 8 nitrogen and oxygen atoms in total. The number of aromatic nitrogens is 4. The van der Waals surface area contributed by atoms with Crippen LogP contribution in [0.5, 0.6) is 0 Å². The third-order valence-corrected chi connectivity index (χ3v) is 4.89. The Morgan fingerprint density at radius 3 is 2.52 bits per heavy atom. The molecule has 0 saturated carbocycles. The minimum absolute atomic E-state index is 0.107. The zero-order valence-electron chi connectivity index (χ0n) is 16.5. The highest BCUT2D eigenvalue weighted by atomic mass is 16.4. The van der Waals surface area contributed by atoms with Crippen LogP contribution in [-0.2, 0) is 25.3 Å². The molecule has 0 saturated heterocycles. The number of carbonyl (C=O) groups excluding carboxylic acids is 1. The number of aryl methyl sites for hydroxylation is 4. The number of benzene rings is 2. The van der Waals surface area contributed by atoms with Crippen LogP contribution in [0.1, 0.15) is 17.9 Å². The fourth-order valence-corrected chi connectivity index (χ4v) is 3.20. The molecule has 0 aliphatic heterocycles. The fourth-order valence-electron chi connectivity index (χ4n) is 3.20. The van der Waals surface area contributed by atoms with Crippen LogP contribution in [0.25, 0.3) is 22.5 Å². The Kier molecular flexibility index (Phi) is 4.75. The Morgan fingerprint density at radius 2 is 1.76 bits per heavy atom. The number of hydrogen-bond acceptors (Lipinski definition) is 5. The molecule has 0 unspecified atom stereocenters. The molecule has 148 valence electrons. The second-order valence-corrected chi connectivity index (χ2v) is 7.02. The summed E-state index contributed by atoms with van der Waals surface area (Å²) in [4.78, 5) is 24.3. The molecule has 1 amide bonds. The molecule has 2 aromatic carbocycles. The maximum absolute atomic E-state index is 12.3. The van der Waals surface area contributed by atoms with Gasteiger partial charge in [0.15, 0.2) is 0 Å². The van der Waals surface area contributed by atoms with Crippen molar-refractivity contribution in [1.82, 2.24) is 19.3 Å². The number of nitrogens with one attached hydrogen (secondary N) is 1. The van der Waals surface area contributed by atoms with Crippen molar-refractivity contribution >= 4 is 22.6 Å². The van der Waals surface area contributed by atoms with E-state index in [2.05, 4.69) is 15.5 Å². The molecular weight excluding hydrogens is 370 g/mol. The summed E-state index contributed by atoms with van der Waals surface area (Å²) in [6.07, 6.45) is 0.554. The van der Waals surface area contributed by atoms with E-state index in [1.807, 2.05) is 37.3 Å². The topological polar surface area (TPSA) is 95.0 Å². The predicted octanol–water partition coefficient (Wildman–Crippen LogP) is 2.81.